The summed E-state index contributed by atoms with van der Waals surface area (Å²) in [7, 11) is 0. The van der Waals surface area contributed by atoms with Gasteiger partial charge in [-0.05, 0) is 43.5 Å². The second kappa shape index (κ2) is 9.67. The molecule has 1 aromatic heterocycles. The summed E-state index contributed by atoms with van der Waals surface area (Å²) in [6, 6.07) is 9.90. The Morgan fingerprint density at radius 2 is 1.66 bits per heavy atom. The molecular weight excluding hydrogens is 406 g/mol. The van der Waals surface area contributed by atoms with E-state index in [1.54, 1.807) is 6.33 Å². The van der Waals surface area contributed by atoms with Crippen molar-refractivity contribution in [1.29, 1.82) is 0 Å². The molecule has 0 atom stereocenters. The van der Waals surface area contributed by atoms with Gasteiger partial charge in [-0.3, -0.25) is 4.79 Å². The summed E-state index contributed by atoms with van der Waals surface area (Å²) in [5, 5.41) is 1.61. The molecule has 2 saturated heterocycles. The van der Waals surface area contributed by atoms with Crippen LogP contribution in [0.4, 0.5) is 11.5 Å². The van der Waals surface area contributed by atoms with Crippen molar-refractivity contribution in [2.75, 3.05) is 54.8 Å². The van der Waals surface area contributed by atoms with E-state index in [9.17, 15) is 4.79 Å². The van der Waals surface area contributed by atoms with E-state index in [0.29, 0.717) is 5.75 Å². The first-order valence-electron chi connectivity index (χ1n) is 10.2. The average molecular weight is 432 g/mol. The van der Waals surface area contributed by atoms with Gasteiger partial charge in [0.2, 0.25) is 5.91 Å². The Kier molecular flexibility index (Phi) is 6.77. The van der Waals surface area contributed by atoms with Crippen LogP contribution in [-0.2, 0) is 4.79 Å². The summed E-state index contributed by atoms with van der Waals surface area (Å²) in [5.74, 6) is 1.56. The molecule has 2 fully saturated rings. The first-order valence-corrected chi connectivity index (χ1v) is 11.5. The molecule has 1 amide bonds. The van der Waals surface area contributed by atoms with Crippen LogP contribution in [-0.4, -0.2) is 65.8 Å². The van der Waals surface area contributed by atoms with Crippen LogP contribution in [0, 0.1) is 0 Å². The lowest BCUT2D eigenvalue weighted by molar-refractivity contribution is -0.128. The molecule has 6 nitrogen and oxygen atoms in total. The molecule has 0 unspecified atom stereocenters. The van der Waals surface area contributed by atoms with Crippen molar-refractivity contribution in [3.63, 3.8) is 0 Å². The molecule has 8 heteroatoms. The van der Waals surface area contributed by atoms with Crippen LogP contribution in [0.25, 0.3) is 0 Å². The minimum atomic E-state index is 0.170. The Labute approximate surface area is 181 Å². The zero-order chi connectivity index (χ0) is 20.1. The van der Waals surface area contributed by atoms with Crippen molar-refractivity contribution < 1.29 is 4.79 Å². The number of piperidine rings is 1. The summed E-state index contributed by atoms with van der Waals surface area (Å²) < 4.78 is 0. The van der Waals surface area contributed by atoms with E-state index in [-0.39, 0.29) is 5.91 Å². The molecule has 0 bridgehead atoms. The van der Waals surface area contributed by atoms with E-state index in [4.69, 9.17) is 11.6 Å². The number of hydrogen-bond acceptors (Lipinski definition) is 6. The number of rotatable bonds is 5. The van der Waals surface area contributed by atoms with Crippen LogP contribution in [0.3, 0.4) is 0 Å². The van der Waals surface area contributed by atoms with Gasteiger partial charge in [0.05, 0.1) is 5.75 Å². The number of aromatic nitrogens is 2. The number of amides is 1. The second-order valence-electron chi connectivity index (χ2n) is 7.40. The van der Waals surface area contributed by atoms with Crippen LogP contribution in [0.1, 0.15) is 19.3 Å². The maximum atomic E-state index is 12.7. The molecular formula is C21H26ClN5OS. The molecule has 0 aliphatic carbocycles. The van der Waals surface area contributed by atoms with Gasteiger partial charge in [0.1, 0.15) is 17.2 Å². The highest BCUT2D eigenvalue weighted by atomic mass is 35.5. The van der Waals surface area contributed by atoms with Crippen LogP contribution in [0.5, 0.6) is 0 Å². The first kappa shape index (κ1) is 20.3. The van der Waals surface area contributed by atoms with Gasteiger partial charge in [0.25, 0.3) is 0 Å². The molecule has 154 valence electrons. The topological polar surface area (TPSA) is 52.6 Å². The van der Waals surface area contributed by atoms with Crippen LogP contribution >= 0.6 is 23.4 Å². The predicted octanol–water partition coefficient (Wildman–Crippen LogP) is 3.56. The molecule has 1 aromatic carbocycles. The van der Waals surface area contributed by atoms with E-state index in [1.165, 1.54) is 31.0 Å². The van der Waals surface area contributed by atoms with E-state index in [2.05, 4.69) is 19.8 Å². The quantitative estimate of drug-likeness (QED) is 0.533. The highest BCUT2D eigenvalue weighted by molar-refractivity contribution is 7.99. The fourth-order valence-electron chi connectivity index (χ4n) is 3.80. The number of carbonyl (C=O) groups excluding carboxylic acids is 1. The fourth-order valence-corrected chi connectivity index (χ4v) is 4.69. The normalized spacial score (nSPS) is 17.5. The zero-order valence-corrected chi connectivity index (χ0v) is 18.0. The fraction of sp³-hybridized carbons (Fsp3) is 0.476. The van der Waals surface area contributed by atoms with Gasteiger partial charge in [0.15, 0.2) is 0 Å². The Bertz CT molecular complexity index is 820. The molecule has 4 rings (SSSR count). The van der Waals surface area contributed by atoms with Gasteiger partial charge in [-0.25, -0.2) is 9.97 Å². The Hall–Kier alpha value is -1.99. The average Bonchev–Trinajstić information content (AvgIpc) is 2.79. The van der Waals surface area contributed by atoms with Crippen molar-refractivity contribution in [2.45, 2.75) is 24.3 Å². The zero-order valence-electron chi connectivity index (χ0n) is 16.5. The van der Waals surface area contributed by atoms with Crippen LogP contribution in [0.2, 0.25) is 5.02 Å². The number of thioether (sulfide) groups is 1. The second-order valence-corrected chi connectivity index (χ2v) is 8.83. The molecule has 2 aromatic rings. The Balaban J connectivity index is 1.26. The lowest BCUT2D eigenvalue weighted by atomic mass is 10.1. The maximum Gasteiger partial charge on any atom is 0.233 e. The third-order valence-electron chi connectivity index (χ3n) is 5.48. The molecule has 29 heavy (non-hydrogen) atoms. The van der Waals surface area contributed by atoms with Gasteiger partial charge < -0.3 is 14.7 Å². The minimum Gasteiger partial charge on any atom is -0.368 e. The summed E-state index contributed by atoms with van der Waals surface area (Å²) >= 11 is 7.47. The van der Waals surface area contributed by atoms with Crippen molar-refractivity contribution in [3.05, 3.63) is 41.7 Å². The molecule has 0 N–H and O–H groups in total. The smallest absolute Gasteiger partial charge is 0.233 e. The number of nitrogens with zero attached hydrogens (tertiary/aromatic N) is 5. The first-order chi connectivity index (χ1) is 14.2. The number of halogens is 1. The van der Waals surface area contributed by atoms with E-state index in [0.717, 1.165) is 60.8 Å². The standard InChI is InChI=1S/C21H26ClN5OS/c22-17-4-6-18(7-5-17)25-10-12-27(13-11-25)21(28)15-29-20-14-19(23-16-24-20)26-8-2-1-3-9-26/h4-7,14,16H,1-3,8-13,15H2. The van der Waals surface area contributed by atoms with E-state index >= 15 is 0 Å². The number of anilines is 2. The van der Waals surface area contributed by atoms with Gasteiger partial charge in [-0.1, -0.05) is 23.4 Å². The third-order valence-corrected chi connectivity index (χ3v) is 6.64. The highest BCUT2D eigenvalue weighted by Gasteiger charge is 2.21. The Morgan fingerprint density at radius 3 is 2.38 bits per heavy atom. The number of piperazine rings is 1. The highest BCUT2D eigenvalue weighted by Crippen LogP contribution is 2.23. The molecule has 0 saturated carbocycles. The molecule has 2 aliphatic heterocycles. The summed E-state index contributed by atoms with van der Waals surface area (Å²) in [5.41, 5.74) is 1.15. The number of carbonyl (C=O) groups is 1. The molecule has 2 aliphatic rings. The van der Waals surface area contributed by atoms with Crippen molar-refractivity contribution in [1.82, 2.24) is 14.9 Å². The van der Waals surface area contributed by atoms with Crippen LogP contribution in [0.15, 0.2) is 41.7 Å². The minimum absolute atomic E-state index is 0.170. The third kappa shape index (κ3) is 5.34. The summed E-state index contributed by atoms with van der Waals surface area (Å²) in [6.45, 7) is 5.26. The van der Waals surface area contributed by atoms with Gasteiger partial charge in [-0.15, -0.1) is 0 Å². The molecule has 0 spiro atoms. The number of hydrogen-bond donors (Lipinski definition) is 0. The van der Waals surface area contributed by atoms with Gasteiger partial charge in [-0.2, -0.15) is 0 Å². The number of benzene rings is 1. The lowest BCUT2D eigenvalue weighted by Gasteiger charge is -2.36. The van der Waals surface area contributed by atoms with Gasteiger partial charge in [0, 0.05) is 56.0 Å². The van der Waals surface area contributed by atoms with E-state index < -0.39 is 0 Å². The molecule has 0 radical (unpaired) electrons. The lowest BCUT2D eigenvalue weighted by Crippen LogP contribution is -2.49. The summed E-state index contributed by atoms with van der Waals surface area (Å²) in [4.78, 5) is 28.0. The predicted molar refractivity (Wildman–Crippen MR) is 119 cm³/mol. The molecule has 3 heterocycles. The van der Waals surface area contributed by atoms with E-state index in [1.807, 2.05) is 35.2 Å². The SMILES string of the molecule is O=C(CSc1cc(N2CCCCC2)ncn1)N1CCN(c2ccc(Cl)cc2)CC1. The summed E-state index contributed by atoms with van der Waals surface area (Å²) in [6.07, 6.45) is 5.34. The monoisotopic (exact) mass is 431 g/mol. The van der Waals surface area contributed by atoms with Crippen molar-refractivity contribution in [2.24, 2.45) is 0 Å². The largest absolute Gasteiger partial charge is 0.368 e. The van der Waals surface area contributed by atoms with Crippen LogP contribution < -0.4 is 9.80 Å². The van der Waals surface area contributed by atoms with Crippen molar-refractivity contribution in [3.8, 4) is 0 Å². The van der Waals surface area contributed by atoms with Crippen molar-refractivity contribution >= 4 is 40.8 Å². The Morgan fingerprint density at radius 1 is 0.931 bits per heavy atom. The maximum absolute atomic E-state index is 12.7. The van der Waals surface area contributed by atoms with Gasteiger partial charge >= 0.3 is 0 Å².